The van der Waals surface area contributed by atoms with Crippen LogP contribution in [0.1, 0.15) is 36.7 Å². The van der Waals surface area contributed by atoms with Crippen LogP contribution >= 0.6 is 0 Å². The molecule has 104 valence electrons. The molecular weight excluding hydrogens is 240 g/mol. The summed E-state index contributed by atoms with van der Waals surface area (Å²) in [6.45, 7) is 8.01. The van der Waals surface area contributed by atoms with Crippen molar-refractivity contribution >= 4 is 11.6 Å². The largest absolute Gasteiger partial charge is 0.384 e. The summed E-state index contributed by atoms with van der Waals surface area (Å²) in [5.41, 5.74) is 2.72. The fourth-order valence-electron chi connectivity index (χ4n) is 2.27. The summed E-state index contributed by atoms with van der Waals surface area (Å²) in [6, 6.07) is 5.83. The van der Waals surface area contributed by atoms with Crippen LogP contribution in [0.3, 0.4) is 0 Å². The molecule has 2 N–H and O–H groups in total. The number of carbonyl (C=O) groups is 1. The monoisotopic (exact) mass is 262 g/mol. The van der Waals surface area contributed by atoms with E-state index in [0.29, 0.717) is 18.7 Å². The topological polar surface area (TPSA) is 50.4 Å². The van der Waals surface area contributed by atoms with E-state index in [1.165, 1.54) is 5.56 Å². The van der Waals surface area contributed by atoms with Gasteiger partial charge in [-0.2, -0.15) is 0 Å². The molecule has 0 spiro atoms. The third kappa shape index (κ3) is 3.47. The van der Waals surface area contributed by atoms with E-state index >= 15 is 0 Å². The quantitative estimate of drug-likeness (QED) is 0.855. The van der Waals surface area contributed by atoms with Gasteiger partial charge in [-0.15, -0.1) is 0 Å². The minimum atomic E-state index is -0.334. The van der Waals surface area contributed by atoms with E-state index in [2.05, 4.69) is 10.6 Å². The molecule has 4 nitrogen and oxygen atoms in total. The second-order valence-corrected chi connectivity index (χ2v) is 5.42. The molecule has 0 fully saturated rings. The second-order valence-electron chi connectivity index (χ2n) is 5.42. The van der Waals surface area contributed by atoms with E-state index in [1.54, 1.807) is 0 Å². The summed E-state index contributed by atoms with van der Waals surface area (Å²) in [5.74, 6) is -0.0516. The summed E-state index contributed by atoms with van der Waals surface area (Å²) in [7, 11) is 0. The summed E-state index contributed by atoms with van der Waals surface area (Å²) < 4.78 is 5.56. The first-order valence-electron chi connectivity index (χ1n) is 6.81. The van der Waals surface area contributed by atoms with Gasteiger partial charge in [0.1, 0.15) is 0 Å². The molecule has 0 saturated carbocycles. The number of ether oxygens (including phenoxy) is 1. The maximum Gasteiger partial charge on any atom is 0.251 e. The first-order valence-corrected chi connectivity index (χ1v) is 6.81. The van der Waals surface area contributed by atoms with Crippen LogP contribution in [0.4, 0.5) is 5.69 Å². The number of rotatable bonds is 5. The highest BCUT2D eigenvalue weighted by Crippen LogP contribution is 2.23. The van der Waals surface area contributed by atoms with Gasteiger partial charge < -0.3 is 15.4 Å². The Labute approximate surface area is 114 Å². The minimum Gasteiger partial charge on any atom is -0.384 e. The molecule has 0 bridgehead atoms. The van der Waals surface area contributed by atoms with Gasteiger partial charge in [0.15, 0.2) is 0 Å². The van der Waals surface area contributed by atoms with Gasteiger partial charge in [0, 0.05) is 30.9 Å². The molecular formula is C15H22N2O2. The van der Waals surface area contributed by atoms with Crippen LogP contribution in [0.2, 0.25) is 0 Å². The summed E-state index contributed by atoms with van der Waals surface area (Å²) in [4.78, 5) is 12.1. The number of anilines is 1. The van der Waals surface area contributed by atoms with E-state index in [0.717, 1.165) is 18.7 Å². The number of hydrogen-bond acceptors (Lipinski definition) is 3. The van der Waals surface area contributed by atoms with Crippen molar-refractivity contribution in [2.75, 3.05) is 25.0 Å². The Morgan fingerprint density at radius 2 is 2.26 bits per heavy atom. The fraction of sp³-hybridized carbons (Fsp3) is 0.533. The average Bonchev–Trinajstić information content (AvgIpc) is 2.83. The van der Waals surface area contributed by atoms with Crippen LogP contribution < -0.4 is 10.6 Å². The Kier molecular flexibility index (Phi) is 4.10. The molecule has 4 heteroatoms. The number of benzene rings is 1. The minimum absolute atomic E-state index is 0.0516. The van der Waals surface area contributed by atoms with Gasteiger partial charge in [-0.05, 0) is 44.9 Å². The van der Waals surface area contributed by atoms with Crippen molar-refractivity contribution in [1.29, 1.82) is 0 Å². The van der Waals surface area contributed by atoms with Crippen LogP contribution in [0.5, 0.6) is 0 Å². The van der Waals surface area contributed by atoms with Crippen LogP contribution in [0.15, 0.2) is 18.2 Å². The lowest BCUT2D eigenvalue weighted by molar-refractivity contribution is -0.00815. The van der Waals surface area contributed by atoms with Gasteiger partial charge in [0.25, 0.3) is 5.91 Å². The van der Waals surface area contributed by atoms with Crippen molar-refractivity contribution in [3.05, 3.63) is 29.3 Å². The predicted octanol–water partition coefficient (Wildman–Crippen LogP) is 2.20. The van der Waals surface area contributed by atoms with Crippen molar-refractivity contribution in [2.45, 2.75) is 32.8 Å². The van der Waals surface area contributed by atoms with Crippen LogP contribution in [0.25, 0.3) is 0 Å². The molecule has 0 unspecified atom stereocenters. The fourth-order valence-corrected chi connectivity index (χ4v) is 2.27. The molecule has 0 radical (unpaired) electrons. The van der Waals surface area contributed by atoms with Gasteiger partial charge in [-0.1, -0.05) is 6.07 Å². The summed E-state index contributed by atoms with van der Waals surface area (Å²) in [6.07, 6.45) is 1.04. The zero-order chi connectivity index (χ0) is 13.9. The molecule has 1 amide bonds. The Balaban J connectivity index is 1.97. The molecule has 1 heterocycles. The maximum absolute atomic E-state index is 12.1. The smallest absolute Gasteiger partial charge is 0.251 e. The Morgan fingerprint density at radius 3 is 3.00 bits per heavy atom. The Morgan fingerprint density at radius 1 is 1.47 bits per heavy atom. The average molecular weight is 262 g/mol. The maximum atomic E-state index is 12.1. The standard InChI is InChI=1S/C15H22N2O2/c1-4-19-15(2,3)10-17-14(18)12-6-5-11-7-8-16-13(11)9-12/h5-6,9,16H,4,7-8,10H2,1-3H3,(H,17,18). The van der Waals surface area contributed by atoms with E-state index in [9.17, 15) is 4.79 Å². The lowest BCUT2D eigenvalue weighted by Crippen LogP contribution is -2.40. The van der Waals surface area contributed by atoms with Gasteiger partial charge in [-0.3, -0.25) is 4.79 Å². The number of carbonyl (C=O) groups excluding carboxylic acids is 1. The molecule has 0 atom stereocenters. The molecule has 2 rings (SSSR count). The molecule has 0 aromatic heterocycles. The normalized spacial score (nSPS) is 13.8. The van der Waals surface area contributed by atoms with Crippen LogP contribution in [-0.4, -0.2) is 31.2 Å². The van der Waals surface area contributed by atoms with E-state index in [1.807, 2.05) is 39.0 Å². The molecule has 1 aliphatic heterocycles. The Hall–Kier alpha value is -1.55. The number of fused-ring (bicyclic) bond motifs is 1. The van der Waals surface area contributed by atoms with Crippen molar-refractivity contribution in [1.82, 2.24) is 5.32 Å². The van der Waals surface area contributed by atoms with Crippen molar-refractivity contribution in [2.24, 2.45) is 0 Å². The van der Waals surface area contributed by atoms with Crippen LogP contribution in [-0.2, 0) is 11.2 Å². The van der Waals surface area contributed by atoms with E-state index < -0.39 is 0 Å². The third-order valence-corrected chi connectivity index (χ3v) is 3.29. The molecule has 1 aliphatic rings. The first-order chi connectivity index (χ1) is 9.02. The molecule has 0 aliphatic carbocycles. The SMILES string of the molecule is CCOC(C)(C)CNC(=O)c1ccc2c(c1)NCC2. The lowest BCUT2D eigenvalue weighted by atomic mass is 10.1. The van der Waals surface area contributed by atoms with E-state index in [-0.39, 0.29) is 11.5 Å². The van der Waals surface area contributed by atoms with Gasteiger partial charge in [0.2, 0.25) is 0 Å². The molecule has 0 saturated heterocycles. The lowest BCUT2D eigenvalue weighted by Gasteiger charge is -2.24. The van der Waals surface area contributed by atoms with Gasteiger partial charge in [-0.25, -0.2) is 0 Å². The first kappa shape index (κ1) is 13.9. The van der Waals surface area contributed by atoms with Gasteiger partial charge >= 0.3 is 0 Å². The predicted molar refractivity (Wildman–Crippen MR) is 76.7 cm³/mol. The summed E-state index contributed by atoms with van der Waals surface area (Å²) in [5, 5.41) is 6.21. The van der Waals surface area contributed by atoms with Crippen LogP contribution in [0, 0.1) is 0 Å². The van der Waals surface area contributed by atoms with Crippen molar-refractivity contribution < 1.29 is 9.53 Å². The zero-order valence-electron chi connectivity index (χ0n) is 11.9. The highest BCUT2D eigenvalue weighted by atomic mass is 16.5. The second kappa shape index (κ2) is 5.61. The number of nitrogens with one attached hydrogen (secondary N) is 2. The van der Waals surface area contributed by atoms with Gasteiger partial charge in [0.05, 0.1) is 5.60 Å². The Bertz CT molecular complexity index is 469. The molecule has 19 heavy (non-hydrogen) atoms. The zero-order valence-corrected chi connectivity index (χ0v) is 11.9. The van der Waals surface area contributed by atoms with Crippen molar-refractivity contribution in [3.8, 4) is 0 Å². The number of amides is 1. The van der Waals surface area contributed by atoms with E-state index in [4.69, 9.17) is 4.74 Å². The third-order valence-electron chi connectivity index (χ3n) is 3.29. The number of hydrogen-bond donors (Lipinski definition) is 2. The van der Waals surface area contributed by atoms with Crippen molar-refractivity contribution in [3.63, 3.8) is 0 Å². The summed E-state index contributed by atoms with van der Waals surface area (Å²) >= 11 is 0. The highest BCUT2D eigenvalue weighted by molar-refractivity contribution is 5.95. The highest BCUT2D eigenvalue weighted by Gasteiger charge is 2.19. The molecule has 1 aromatic rings. The molecule has 1 aromatic carbocycles.